The summed E-state index contributed by atoms with van der Waals surface area (Å²) in [4.78, 5) is 12.0. The van der Waals surface area contributed by atoms with Gasteiger partial charge in [-0.3, -0.25) is 4.79 Å². The molecule has 0 unspecified atom stereocenters. The summed E-state index contributed by atoms with van der Waals surface area (Å²) in [7, 11) is 0. The fourth-order valence-corrected chi connectivity index (χ4v) is 3.22. The molecule has 1 aromatic rings. The Bertz CT molecular complexity index is 457. The van der Waals surface area contributed by atoms with Crippen LogP contribution in [0.1, 0.15) is 29.6 Å². The van der Waals surface area contributed by atoms with Crippen LogP contribution in [0.5, 0.6) is 0 Å². The summed E-state index contributed by atoms with van der Waals surface area (Å²) in [6, 6.07) is 4.62. The molecule has 0 aliphatic heterocycles. The fourth-order valence-electron chi connectivity index (χ4n) is 2.62. The Hall–Kier alpha value is -0.650. The largest absolute Gasteiger partial charge is 0.347 e. The van der Waals surface area contributed by atoms with Gasteiger partial charge in [0.25, 0.3) is 5.91 Å². The summed E-state index contributed by atoms with van der Waals surface area (Å²) in [5, 5.41) is 3.03. The quantitative estimate of drug-likeness (QED) is 0.830. The molecule has 3 fully saturated rings. The molecule has 0 atom stereocenters. The zero-order valence-corrected chi connectivity index (χ0v) is 10.8. The molecule has 0 radical (unpaired) electrons. The van der Waals surface area contributed by atoms with Crippen molar-refractivity contribution in [1.29, 1.82) is 0 Å². The Labute approximate surface area is 107 Å². The molecule has 4 rings (SSSR count). The minimum absolute atomic E-state index is 0.0527. The van der Waals surface area contributed by atoms with E-state index in [4.69, 9.17) is 0 Å². The number of hydrogen-bond donors (Lipinski definition) is 1. The second-order valence-electron chi connectivity index (χ2n) is 4.81. The number of carbonyl (C=O) groups excluding carboxylic acids is 1. The number of benzene rings is 1. The molecule has 0 aromatic heterocycles. The lowest BCUT2D eigenvalue weighted by atomic mass is 9.50. The van der Waals surface area contributed by atoms with Crippen molar-refractivity contribution >= 4 is 28.5 Å². The van der Waals surface area contributed by atoms with E-state index in [2.05, 4.69) is 5.32 Å². The fraction of sp³-hybridized carbons (Fsp3) is 0.417. The maximum Gasteiger partial charge on any atom is 0.252 e. The third-order valence-corrected chi connectivity index (χ3v) is 4.71. The molecule has 0 heterocycles. The van der Waals surface area contributed by atoms with Crippen LogP contribution in [0.15, 0.2) is 18.2 Å². The minimum atomic E-state index is -0.328. The smallest absolute Gasteiger partial charge is 0.252 e. The first-order valence-corrected chi connectivity index (χ1v) is 6.44. The number of amides is 1. The van der Waals surface area contributed by atoms with E-state index < -0.39 is 0 Å². The van der Waals surface area contributed by atoms with Crippen molar-refractivity contribution in [3.05, 3.63) is 33.1 Å². The standard InChI is InChI=1S/C12H11FINO/c13-9-3-1-2-8(10(9)14)11(16)15-12-4-7(5-12)6-12/h1-3,7H,4-6H2,(H,15,16). The van der Waals surface area contributed by atoms with Crippen LogP contribution in [0.2, 0.25) is 0 Å². The highest BCUT2D eigenvalue weighted by molar-refractivity contribution is 14.1. The molecular weight excluding hydrogens is 320 g/mol. The highest BCUT2D eigenvalue weighted by Gasteiger charge is 2.57. The lowest BCUT2D eigenvalue weighted by Gasteiger charge is -2.61. The summed E-state index contributed by atoms with van der Waals surface area (Å²) >= 11 is 1.88. The number of rotatable bonds is 2. The molecule has 84 valence electrons. The molecule has 1 amide bonds. The molecule has 16 heavy (non-hydrogen) atoms. The molecule has 3 saturated carbocycles. The zero-order chi connectivity index (χ0) is 11.3. The van der Waals surface area contributed by atoms with Gasteiger partial charge in [0.2, 0.25) is 0 Å². The summed E-state index contributed by atoms with van der Waals surface area (Å²) in [6.45, 7) is 0. The average molecular weight is 331 g/mol. The lowest BCUT2D eigenvalue weighted by Crippen LogP contribution is -2.68. The van der Waals surface area contributed by atoms with Crippen LogP contribution in [0.3, 0.4) is 0 Å². The highest BCUT2D eigenvalue weighted by Crippen LogP contribution is 2.57. The summed E-state index contributed by atoms with van der Waals surface area (Å²) < 4.78 is 13.7. The van der Waals surface area contributed by atoms with Crippen molar-refractivity contribution in [1.82, 2.24) is 5.32 Å². The normalized spacial score (nSPS) is 30.2. The van der Waals surface area contributed by atoms with Crippen molar-refractivity contribution in [3.63, 3.8) is 0 Å². The summed E-state index contributed by atoms with van der Waals surface area (Å²) in [5.74, 6) is 0.361. The van der Waals surface area contributed by atoms with Crippen molar-refractivity contribution in [2.24, 2.45) is 5.92 Å². The minimum Gasteiger partial charge on any atom is -0.347 e. The SMILES string of the molecule is O=C(NC12CC(C1)C2)c1cccc(F)c1I. The van der Waals surface area contributed by atoms with Crippen molar-refractivity contribution in [3.8, 4) is 0 Å². The van der Waals surface area contributed by atoms with Crippen molar-refractivity contribution < 1.29 is 9.18 Å². The number of carbonyl (C=O) groups is 1. The van der Waals surface area contributed by atoms with Gasteiger partial charge < -0.3 is 5.32 Å². The predicted octanol–water partition coefficient (Wildman–Crippen LogP) is 2.71. The van der Waals surface area contributed by atoms with Gasteiger partial charge in [0.05, 0.1) is 9.13 Å². The van der Waals surface area contributed by atoms with Gasteiger partial charge >= 0.3 is 0 Å². The molecule has 1 N–H and O–H groups in total. The van der Waals surface area contributed by atoms with Crippen molar-refractivity contribution in [2.45, 2.75) is 24.8 Å². The van der Waals surface area contributed by atoms with Gasteiger partial charge in [0.15, 0.2) is 0 Å². The van der Waals surface area contributed by atoms with E-state index >= 15 is 0 Å². The summed E-state index contributed by atoms with van der Waals surface area (Å²) in [6.07, 6.45) is 3.31. The van der Waals surface area contributed by atoms with Crippen LogP contribution in [0, 0.1) is 15.3 Å². The maximum absolute atomic E-state index is 13.3. The van der Waals surface area contributed by atoms with Gasteiger partial charge in [-0.2, -0.15) is 0 Å². The van der Waals surface area contributed by atoms with Gasteiger partial charge in [-0.1, -0.05) is 6.07 Å². The molecule has 4 heteroatoms. The molecule has 3 aliphatic carbocycles. The first kappa shape index (κ1) is 10.5. The Morgan fingerprint density at radius 2 is 2.12 bits per heavy atom. The number of nitrogens with one attached hydrogen (secondary N) is 1. The van der Waals surface area contributed by atoms with E-state index in [9.17, 15) is 9.18 Å². The van der Waals surface area contributed by atoms with Gasteiger partial charge in [0, 0.05) is 5.54 Å². The Morgan fingerprint density at radius 3 is 2.69 bits per heavy atom. The molecule has 2 bridgehead atoms. The van der Waals surface area contributed by atoms with Crippen LogP contribution in [-0.4, -0.2) is 11.4 Å². The van der Waals surface area contributed by atoms with Crippen LogP contribution >= 0.6 is 22.6 Å². The van der Waals surface area contributed by atoms with Crippen molar-refractivity contribution in [2.75, 3.05) is 0 Å². The summed E-state index contributed by atoms with van der Waals surface area (Å²) in [5.41, 5.74) is 0.502. The second-order valence-corrected chi connectivity index (χ2v) is 5.89. The molecule has 0 spiro atoms. The number of halogens is 2. The van der Waals surface area contributed by atoms with E-state index in [1.54, 1.807) is 12.1 Å². The maximum atomic E-state index is 13.3. The average Bonchev–Trinajstić information content (AvgIpc) is 2.13. The molecule has 2 nitrogen and oxygen atoms in total. The predicted molar refractivity (Wildman–Crippen MR) is 66.7 cm³/mol. The second kappa shape index (κ2) is 3.42. The van der Waals surface area contributed by atoms with Gasteiger partial charge in [-0.25, -0.2) is 4.39 Å². The first-order chi connectivity index (χ1) is 7.60. The molecule has 3 aliphatic rings. The molecule has 1 aromatic carbocycles. The van der Waals surface area contributed by atoms with E-state index in [-0.39, 0.29) is 17.3 Å². The van der Waals surface area contributed by atoms with Crippen LogP contribution in [0.4, 0.5) is 4.39 Å². The Morgan fingerprint density at radius 1 is 1.44 bits per heavy atom. The van der Waals surface area contributed by atoms with E-state index in [1.807, 2.05) is 22.6 Å². The van der Waals surface area contributed by atoms with Crippen LogP contribution in [-0.2, 0) is 0 Å². The van der Waals surface area contributed by atoms with Crippen LogP contribution in [0.25, 0.3) is 0 Å². The third-order valence-electron chi connectivity index (χ3n) is 3.61. The number of hydrogen-bond acceptors (Lipinski definition) is 1. The highest BCUT2D eigenvalue weighted by atomic mass is 127. The topological polar surface area (TPSA) is 29.1 Å². The third kappa shape index (κ3) is 1.46. The van der Waals surface area contributed by atoms with Gasteiger partial charge in [-0.15, -0.1) is 0 Å². The van der Waals surface area contributed by atoms with Gasteiger partial charge in [0.1, 0.15) is 5.82 Å². The lowest BCUT2D eigenvalue weighted by molar-refractivity contribution is -0.0438. The van der Waals surface area contributed by atoms with Crippen LogP contribution < -0.4 is 5.32 Å². The van der Waals surface area contributed by atoms with E-state index in [1.165, 1.54) is 6.07 Å². The Balaban J connectivity index is 1.80. The molecule has 0 saturated heterocycles. The molecular formula is C12H11FINO. The zero-order valence-electron chi connectivity index (χ0n) is 8.59. The van der Waals surface area contributed by atoms with Gasteiger partial charge in [-0.05, 0) is 59.9 Å². The first-order valence-electron chi connectivity index (χ1n) is 5.36. The monoisotopic (exact) mass is 331 g/mol. The Kier molecular flexibility index (Phi) is 2.24. The van der Waals surface area contributed by atoms with E-state index in [0.29, 0.717) is 9.13 Å². The van der Waals surface area contributed by atoms with E-state index in [0.717, 1.165) is 25.2 Å².